The molecule has 0 unspecified atom stereocenters. The number of hydrogen-bond acceptors (Lipinski definition) is 4. The van der Waals surface area contributed by atoms with Crippen molar-refractivity contribution in [2.45, 2.75) is 25.3 Å². The lowest BCUT2D eigenvalue weighted by Crippen LogP contribution is -2.33. The third-order valence-corrected chi connectivity index (χ3v) is 5.62. The van der Waals surface area contributed by atoms with Crippen LogP contribution in [0.1, 0.15) is 30.9 Å². The van der Waals surface area contributed by atoms with Gasteiger partial charge in [-0.3, -0.25) is 9.69 Å². The topological polar surface area (TPSA) is 50.8 Å². The maximum atomic E-state index is 12.6. The number of carbonyl (C=O) groups is 1. The third kappa shape index (κ3) is 4.37. The average Bonchev–Trinajstić information content (AvgIpc) is 2.99. The molecule has 0 aromatic heterocycles. The molecule has 1 fully saturated rings. The van der Waals surface area contributed by atoms with Gasteiger partial charge in [-0.2, -0.15) is 0 Å². The molecule has 1 amide bonds. The minimum absolute atomic E-state index is 0.0922. The van der Waals surface area contributed by atoms with Gasteiger partial charge in [0.2, 0.25) is 5.91 Å². The summed E-state index contributed by atoms with van der Waals surface area (Å²) in [5.41, 5.74) is 1.72. The first kappa shape index (κ1) is 19.4. The van der Waals surface area contributed by atoms with E-state index in [0.29, 0.717) is 35.5 Å². The normalized spacial score (nSPS) is 19.3. The van der Waals surface area contributed by atoms with Crippen LogP contribution in [0.3, 0.4) is 0 Å². The van der Waals surface area contributed by atoms with Crippen molar-refractivity contribution in [3.8, 4) is 11.5 Å². The lowest BCUT2D eigenvalue weighted by molar-refractivity contribution is -0.117. The summed E-state index contributed by atoms with van der Waals surface area (Å²) >= 11 is 12.1. The van der Waals surface area contributed by atoms with Crippen LogP contribution in [0.4, 0.5) is 5.69 Å². The van der Waals surface area contributed by atoms with Crippen molar-refractivity contribution >= 4 is 34.8 Å². The zero-order valence-electron chi connectivity index (χ0n) is 15.4. The first-order valence-electron chi connectivity index (χ1n) is 9.48. The number of rotatable bonds is 4. The lowest BCUT2D eigenvalue weighted by Gasteiger charge is -2.25. The number of benzene rings is 2. The minimum atomic E-state index is -0.0922. The number of anilines is 1. The van der Waals surface area contributed by atoms with Crippen molar-refractivity contribution in [2.75, 3.05) is 31.6 Å². The number of likely N-dealkylation sites (tertiary alicyclic amines) is 1. The van der Waals surface area contributed by atoms with E-state index >= 15 is 0 Å². The standard InChI is InChI=1S/C21H22Cl2N2O3/c22-15-5-6-17(16(23)12-15)24-21(26)13-25-8-1-3-18(25)14-4-7-19-20(11-14)28-10-2-9-27-19/h4-7,11-12,18H,1-3,8-10,13H2,(H,24,26)/t18-/m1/s1. The first-order valence-corrected chi connectivity index (χ1v) is 10.2. The summed E-state index contributed by atoms with van der Waals surface area (Å²) in [5, 5.41) is 3.85. The highest BCUT2D eigenvalue weighted by atomic mass is 35.5. The Bertz CT molecular complexity index is 875. The number of amides is 1. The van der Waals surface area contributed by atoms with E-state index in [1.54, 1.807) is 18.2 Å². The van der Waals surface area contributed by atoms with Crippen LogP contribution in [0.25, 0.3) is 0 Å². The van der Waals surface area contributed by atoms with Crippen LogP contribution in [0, 0.1) is 0 Å². The average molecular weight is 421 g/mol. The summed E-state index contributed by atoms with van der Waals surface area (Å²) in [6, 6.07) is 11.3. The summed E-state index contributed by atoms with van der Waals surface area (Å²) in [5.74, 6) is 1.49. The zero-order valence-corrected chi connectivity index (χ0v) is 16.9. The summed E-state index contributed by atoms with van der Waals surface area (Å²) in [6.07, 6.45) is 2.94. The number of ether oxygens (including phenoxy) is 2. The van der Waals surface area contributed by atoms with E-state index in [9.17, 15) is 4.79 Å². The second kappa shape index (κ2) is 8.60. The molecule has 1 saturated heterocycles. The van der Waals surface area contributed by atoms with Crippen molar-refractivity contribution in [3.05, 3.63) is 52.0 Å². The predicted octanol–water partition coefficient (Wildman–Crippen LogP) is 4.93. The van der Waals surface area contributed by atoms with Gasteiger partial charge in [0.15, 0.2) is 11.5 Å². The van der Waals surface area contributed by atoms with Gasteiger partial charge < -0.3 is 14.8 Å². The van der Waals surface area contributed by atoms with Gasteiger partial charge in [-0.1, -0.05) is 29.3 Å². The van der Waals surface area contributed by atoms with E-state index in [4.69, 9.17) is 32.7 Å². The van der Waals surface area contributed by atoms with Gasteiger partial charge >= 0.3 is 0 Å². The molecule has 0 spiro atoms. The molecule has 5 nitrogen and oxygen atoms in total. The maximum absolute atomic E-state index is 12.6. The molecule has 1 N–H and O–H groups in total. The van der Waals surface area contributed by atoms with Gasteiger partial charge in [0, 0.05) is 17.5 Å². The van der Waals surface area contributed by atoms with Crippen LogP contribution in [-0.2, 0) is 4.79 Å². The highest BCUT2D eigenvalue weighted by Crippen LogP contribution is 2.37. The van der Waals surface area contributed by atoms with Gasteiger partial charge in [0.05, 0.1) is 30.5 Å². The largest absolute Gasteiger partial charge is 0.490 e. The van der Waals surface area contributed by atoms with E-state index in [0.717, 1.165) is 42.9 Å². The molecular weight excluding hydrogens is 399 g/mol. The van der Waals surface area contributed by atoms with E-state index in [2.05, 4.69) is 22.3 Å². The zero-order chi connectivity index (χ0) is 19.5. The van der Waals surface area contributed by atoms with Crippen LogP contribution in [-0.4, -0.2) is 37.1 Å². The van der Waals surface area contributed by atoms with Gasteiger partial charge in [-0.15, -0.1) is 0 Å². The Labute approximate surface area is 174 Å². The fourth-order valence-electron chi connectivity index (χ4n) is 3.75. The Morgan fingerprint density at radius 1 is 1.07 bits per heavy atom. The molecule has 0 aliphatic carbocycles. The molecule has 28 heavy (non-hydrogen) atoms. The van der Waals surface area contributed by atoms with Gasteiger partial charge in [0.25, 0.3) is 0 Å². The molecule has 7 heteroatoms. The smallest absolute Gasteiger partial charge is 0.238 e. The third-order valence-electron chi connectivity index (χ3n) is 5.07. The van der Waals surface area contributed by atoms with Gasteiger partial charge in [-0.25, -0.2) is 0 Å². The fourth-order valence-corrected chi connectivity index (χ4v) is 4.20. The van der Waals surface area contributed by atoms with E-state index < -0.39 is 0 Å². The fraction of sp³-hybridized carbons (Fsp3) is 0.381. The molecule has 1 atom stereocenters. The number of nitrogens with one attached hydrogen (secondary N) is 1. The number of fused-ring (bicyclic) bond motifs is 1. The summed E-state index contributed by atoms with van der Waals surface area (Å²) in [4.78, 5) is 14.8. The second-order valence-electron chi connectivity index (χ2n) is 7.06. The van der Waals surface area contributed by atoms with Gasteiger partial charge in [-0.05, 0) is 55.3 Å². The molecule has 2 aromatic rings. The highest BCUT2D eigenvalue weighted by Gasteiger charge is 2.28. The maximum Gasteiger partial charge on any atom is 0.238 e. The van der Waals surface area contributed by atoms with Crippen molar-refractivity contribution < 1.29 is 14.3 Å². The molecule has 2 aromatic carbocycles. The molecular formula is C21H22Cl2N2O3. The van der Waals surface area contributed by atoms with E-state index in [-0.39, 0.29) is 11.9 Å². The number of carbonyl (C=O) groups excluding carboxylic acids is 1. The van der Waals surface area contributed by atoms with E-state index in [1.807, 2.05) is 6.07 Å². The Hall–Kier alpha value is -1.95. The second-order valence-corrected chi connectivity index (χ2v) is 7.90. The predicted molar refractivity (Wildman–Crippen MR) is 111 cm³/mol. The Morgan fingerprint density at radius 2 is 1.89 bits per heavy atom. The Balaban J connectivity index is 1.45. The molecule has 148 valence electrons. The summed E-state index contributed by atoms with van der Waals surface area (Å²) in [6.45, 7) is 2.52. The molecule has 2 aliphatic rings. The summed E-state index contributed by atoms with van der Waals surface area (Å²) < 4.78 is 11.5. The van der Waals surface area contributed by atoms with E-state index in [1.165, 1.54) is 0 Å². The molecule has 0 bridgehead atoms. The van der Waals surface area contributed by atoms with Crippen LogP contribution in [0.15, 0.2) is 36.4 Å². The van der Waals surface area contributed by atoms with Crippen molar-refractivity contribution in [1.29, 1.82) is 0 Å². The molecule has 0 saturated carbocycles. The van der Waals surface area contributed by atoms with Gasteiger partial charge in [0.1, 0.15) is 0 Å². The minimum Gasteiger partial charge on any atom is -0.490 e. The summed E-state index contributed by atoms with van der Waals surface area (Å²) in [7, 11) is 0. The highest BCUT2D eigenvalue weighted by molar-refractivity contribution is 6.36. The Morgan fingerprint density at radius 3 is 2.71 bits per heavy atom. The number of nitrogens with zero attached hydrogens (tertiary/aromatic N) is 1. The molecule has 4 rings (SSSR count). The number of halogens is 2. The van der Waals surface area contributed by atoms with Crippen LogP contribution >= 0.6 is 23.2 Å². The van der Waals surface area contributed by atoms with Crippen molar-refractivity contribution in [2.24, 2.45) is 0 Å². The number of hydrogen-bond donors (Lipinski definition) is 1. The lowest BCUT2D eigenvalue weighted by atomic mass is 10.0. The first-order chi connectivity index (χ1) is 13.6. The van der Waals surface area contributed by atoms with Crippen molar-refractivity contribution in [1.82, 2.24) is 4.90 Å². The quantitative estimate of drug-likeness (QED) is 0.761. The van der Waals surface area contributed by atoms with Crippen LogP contribution in [0.5, 0.6) is 11.5 Å². The van der Waals surface area contributed by atoms with Crippen LogP contribution in [0.2, 0.25) is 10.0 Å². The van der Waals surface area contributed by atoms with Crippen molar-refractivity contribution in [3.63, 3.8) is 0 Å². The molecule has 2 heterocycles. The molecule has 2 aliphatic heterocycles. The Kier molecular flexibility index (Phi) is 5.95. The monoisotopic (exact) mass is 420 g/mol. The SMILES string of the molecule is O=C(CN1CCC[C@@H]1c1ccc2c(c1)OCCCO2)Nc1ccc(Cl)cc1Cl. The molecule has 0 radical (unpaired) electrons. The van der Waals surface area contributed by atoms with Crippen LogP contribution < -0.4 is 14.8 Å².